The van der Waals surface area contributed by atoms with Crippen molar-refractivity contribution in [1.82, 2.24) is 19.6 Å². The molecule has 0 atom stereocenters. The van der Waals surface area contributed by atoms with Gasteiger partial charge in [-0.25, -0.2) is 4.68 Å². The fourth-order valence-electron chi connectivity index (χ4n) is 2.61. The predicted octanol–water partition coefficient (Wildman–Crippen LogP) is 2.78. The van der Waals surface area contributed by atoms with Crippen molar-refractivity contribution in [3.63, 3.8) is 0 Å². The van der Waals surface area contributed by atoms with E-state index in [1.54, 1.807) is 4.68 Å². The van der Waals surface area contributed by atoms with E-state index in [1.807, 2.05) is 31.0 Å². The summed E-state index contributed by atoms with van der Waals surface area (Å²) in [4.78, 5) is 0. The number of nitrogens with zero attached hydrogens (tertiary/aromatic N) is 4. The van der Waals surface area contributed by atoms with Crippen LogP contribution in [0, 0.1) is 20.8 Å². The van der Waals surface area contributed by atoms with Gasteiger partial charge in [0, 0.05) is 18.8 Å². The van der Waals surface area contributed by atoms with Gasteiger partial charge in [0.15, 0.2) is 0 Å². The smallest absolute Gasteiger partial charge is 0.119 e. The van der Waals surface area contributed by atoms with Crippen LogP contribution in [0.15, 0.2) is 30.6 Å². The van der Waals surface area contributed by atoms with Crippen LogP contribution >= 0.6 is 0 Å². The summed E-state index contributed by atoms with van der Waals surface area (Å²) in [7, 11) is 1.90. The van der Waals surface area contributed by atoms with Gasteiger partial charge in [0.05, 0.1) is 23.3 Å². The second kappa shape index (κ2) is 4.77. The van der Waals surface area contributed by atoms with Gasteiger partial charge in [0.2, 0.25) is 0 Å². The molecule has 0 spiro atoms. The van der Waals surface area contributed by atoms with Crippen LogP contribution in [0.4, 0.5) is 5.69 Å². The van der Waals surface area contributed by atoms with Crippen molar-refractivity contribution in [2.75, 3.05) is 5.73 Å². The predicted molar refractivity (Wildman–Crippen MR) is 84.4 cm³/mol. The van der Waals surface area contributed by atoms with Crippen molar-refractivity contribution in [2.24, 2.45) is 7.05 Å². The average Bonchev–Trinajstić information content (AvgIpc) is 2.92. The molecule has 0 fully saturated rings. The molecule has 2 N–H and O–H groups in total. The second-order valence-electron chi connectivity index (χ2n) is 5.47. The summed E-state index contributed by atoms with van der Waals surface area (Å²) in [6.45, 7) is 6.12. The quantitative estimate of drug-likeness (QED) is 0.785. The summed E-state index contributed by atoms with van der Waals surface area (Å²) < 4.78 is 3.62. The summed E-state index contributed by atoms with van der Waals surface area (Å²) in [5, 5.41) is 9.00. The van der Waals surface area contributed by atoms with Crippen molar-refractivity contribution < 1.29 is 0 Å². The Morgan fingerprint density at radius 3 is 2.43 bits per heavy atom. The fraction of sp³-hybridized carbons (Fsp3) is 0.250. The summed E-state index contributed by atoms with van der Waals surface area (Å²) in [6, 6.07) is 6.29. The van der Waals surface area contributed by atoms with Gasteiger partial charge in [-0.3, -0.25) is 4.68 Å². The van der Waals surface area contributed by atoms with E-state index in [2.05, 4.69) is 42.2 Å². The number of rotatable bonds is 2. The topological polar surface area (TPSA) is 61.7 Å². The van der Waals surface area contributed by atoms with Gasteiger partial charge >= 0.3 is 0 Å². The van der Waals surface area contributed by atoms with E-state index in [4.69, 9.17) is 5.73 Å². The normalized spacial score (nSPS) is 11.0. The van der Waals surface area contributed by atoms with E-state index in [0.29, 0.717) is 5.69 Å². The Balaban J connectivity index is 2.11. The van der Waals surface area contributed by atoms with Crippen LogP contribution in [-0.2, 0) is 7.05 Å². The van der Waals surface area contributed by atoms with E-state index in [-0.39, 0.29) is 0 Å². The zero-order valence-corrected chi connectivity index (χ0v) is 12.8. The Hall–Kier alpha value is -2.56. The maximum atomic E-state index is 6.15. The lowest BCUT2D eigenvalue weighted by atomic mass is 10.1. The van der Waals surface area contributed by atoms with Gasteiger partial charge in [-0.1, -0.05) is 17.7 Å². The Bertz CT molecular complexity index is 810. The molecule has 0 saturated carbocycles. The number of hydrogen-bond acceptors (Lipinski definition) is 3. The zero-order chi connectivity index (χ0) is 15.1. The van der Waals surface area contributed by atoms with Gasteiger partial charge in [-0.05, 0) is 32.4 Å². The van der Waals surface area contributed by atoms with Crippen LogP contribution in [0.3, 0.4) is 0 Å². The molecule has 1 aromatic carbocycles. The van der Waals surface area contributed by atoms with Gasteiger partial charge in [-0.2, -0.15) is 10.2 Å². The molecule has 0 aliphatic rings. The van der Waals surface area contributed by atoms with Crippen LogP contribution in [0.2, 0.25) is 0 Å². The van der Waals surface area contributed by atoms with Gasteiger partial charge in [0.1, 0.15) is 5.69 Å². The van der Waals surface area contributed by atoms with Gasteiger partial charge in [0.25, 0.3) is 0 Å². The molecule has 5 heteroatoms. The summed E-state index contributed by atoms with van der Waals surface area (Å²) in [5.74, 6) is 0. The first-order valence-electron chi connectivity index (χ1n) is 6.89. The highest BCUT2D eigenvalue weighted by Gasteiger charge is 2.15. The third kappa shape index (κ3) is 2.31. The summed E-state index contributed by atoms with van der Waals surface area (Å²) >= 11 is 0. The van der Waals surface area contributed by atoms with Crippen LogP contribution in [0.1, 0.15) is 16.8 Å². The molecule has 2 heterocycles. The summed E-state index contributed by atoms with van der Waals surface area (Å²) in [5.41, 5.74) is 12.9. The van der Waals surface area contributed by atoms with E-state index in [9.17, 15) is 0 Å². The SMILES string of the molecule is Cc1ccc(-n2cc(N)c(-c3cn(C)nc3C)n2)c(C)c1. The van der Waals surface area contributed by atoms with Gasteiger partial charge in [-0.15, -0.1) is 0 Å². The van der Waals surface area contributed by atoms with Crippen molar-refractivity contribution in [1.29, 1.82) is 0 Å². The average molecular weight is 281 g/mol. The molecule has 2 aromatic heterocycles. The minimum absolute atomic E-state index is 0.658. The number of anilines is 1. The number of aryl methyl sites for hydroxylation is 4. The fourth-order valence-corrected chi connectivity index (χ4v) is 2.61. The number of nitrogen functional groups attached to an aromatic ring is 1. The molecule has 0 aliphatic heterocycles. The van der Waals surface area contributed by atoms with Crippen LogP contribution in [-0.4, -0.2) is 19.6 Å². The third-order valence-electron chi connectivity index (χ3n) is 3.61. The van der Waals surface area contributed by atoms with Crippen molar-refractivity contribution in [3.8, 4) is 16.9 Å². The largest absolute Gasteiger partial charge is 0.396 e. The van der Waals surface area contributed by atoms with Crippen molar-refractivity contribution in [3.05, 3.63) is 47.4 Å². The molecule has 3 aromatic rings. The first kappa shape index (κ1) is 13.4. The number of benzene rings is 1. The minimum Gasteiger partial charge on any atom is -0.396 e. The highest BCUT2D eigenvalue weighted by atomic mass is 15.3. The molecule has 108 valence electrons. The van der Waals surface area contributed by atoms with Crippen molar-refractivity contribution >= 4 is 5.69 Å². The lowest BCUT2D eigenvalue weighted by Gasteiger charge is -2.06. The zero-order valence-electron chi connectivity index (χ0n) is 12.8. The molecular weight excluding hydrogens is 262 g/mol. The van der Waals surface area contributed by atoms with E-state index in [0.717, 1.165) is 22.6 Å². The van der Waals surface area contributed by atoms with E-state index >= 15 is 0 Å². The molecule has 3 rings (SSSR count). The molecule has 5 nitrogen and oxygen atoms in total. The van der Waals surface area contributed by atoms with Crippen LogP contribution in [0.5, 0.6) is 0 Å². The molecular formula is C16H19N5. The van der Waals surface area contributed by atoms with E-state index < -0.39 is 0 Å². The maximum Gasteiger partial charge on any atom is 0.119 e. The Morgan fingerprint density at radius 1 is 1.05 bits per heavy atom. The van der Waals surface area contributed by atoms with Crippen LogP contribution in [0.25, 0.3) is 16.9 Å². The number of hydrogen-bond donors (Lipinski definition) is 1. The standard InChI is InChI=1S/C16H19N5/c1-10-5-6-15(11(2)7-10)21-9-14(17)16(19-21)13-8-20(4)18-12(13)3/h5-9H,17H2,1-4H3. The molecule has 21 heavy (non-hydrogen) atoms. The number of nitrogens with two attached hydrogens (primary N) is 1. The number of aromatic nitrogens is 4. The van der Waals surface area contributed by atoms with E-state index in [1.165, 1.54) is 11.1 Å². The first-order chi connectivity index (χ1) is 9.95. The lowest BCUT2D eigenvalue weighted by molar-refractivity contribution is 0.756. The van der Waals surface area contributed by atoms with Crippen molar-refractivity contribution in [2.45, 2.75) is 20.8 Å². The highest BCUT2D eigenvalue weighted by Crippen LogP contribution is 2.28. The molecule has 0 radical (unpaired) electrons. The molecule has 0 saturated heterocycles. The maximum absolute atomic E-state index is 6.15. The second-order valence-corrected chi connectivity index (χ2v) is 5.47. The minimum atomic E-state index is 0.658. The van der Waals surface area contributed by atoms with Gasteiger partial charge < -0.3 is 5.73 Å². The molecule has 0 amide bonds. The Labute approximate surface area is 124 Å². The Morgan fingerprint density at radius 2 is 1.81 bits per heavy atom. The highest BCUT2D eigenvalue weighted by molar-refractivity contribution is 5.73. The monoisotopic (exact) mass is 281 g/mol. The molecule has 0 bridgehead atoms. The molecule has 0 unspecified atom stereocenters. The summed E-state index contributed by atoms with van der Waals surface area (Å²) in [6.07, 6.45) is 3.81. The molecule has 0 aliphatic carbocycles. The Kier molecular flexibility index (Phi) is 3.05. The van der Waals surface area contributed by atoms with Crippen LogP contribution < -0.4 is 5.73 Å². The lowest BCUT2D eigenvalue weighted by Crippen LogP contribution is -1.98. The first-order valence-corrected chi connectivity index (χ1v) is 6.89. The third-order valence-corrected chi connectivity index (χ3v) is 3.61.